The van der Waals surface area contributed by atoms with Crippen molar-refractivity contribution < 1.29 is 4.79 Å². The van der Waals surface area contributed by atoms with Crippen LogP contribution in [0, 0.1) is 5.92 Å². The van der Waals surface area contributed by atoms with Crippen molar-refractivity contribution in [3.05, 3.63) is 71.8 Å². The van der Waals surface area contributed by atoms with Crippen LogP contribution in [0.25, 0.3) is 0 Å². The highest BCUT2D eigenvalue weighted by Gasteiger charge is 2.33. The Balaban J connectivity index is 1.54. The number of nitrogens with one attached hydrogen (secondary N) is 2. The summed E-state index contributed by atoms with van der Waals surface area (Å²) in [4.78, 5) is 14.7. The molecule has 1 fully saturated rings. The zero-order valence-electron chi connectivity index (χ0n) is 15.7. The van der Waals surface area contributed by atoms with E-state index in [0.717, 1.165) is 6.42 Å². The van der Waals surface area contributed by atoms with E-state index in [1.165, 1.54) is 24.0 Å². The molecule has 26 heavy (non-hydrogen) atoms. The normalized spacial score (nSPS) is 16.1. The smallest absolute Gasteiger partial charge is 0.315 e. The Labute approximate surface area is 156 Å². The van der Waals surface area contributed by atoms with Crippen LogP contribution in [0.15, 0.2) is 60.7 Å². The van der Waals surface area contributed by atoms with Gasteiger partial charge in [-0.15, -0.1) is 0 Å². The first kappa shape index (κ1) is 18.5. The molecule has 0 aliphatic heterocycles. The minimum absolute atomic E-state index is 0.0781. The lowest BCUT2D eigenvalue weighted by Gasteiger charge is -2.26. The second kappa shape index (κ2) is 8.86. The van der Waals surface area contributed by atoms with Gasteiger partial charge < -0.3 is 15.5 Å². The first-order valence-corrected chi connectivity index (χ1v) is 9.43. The molecule has 1 saturated carbocycles. The molecular weight excluding hydrogens is 322 g/mol. The summed E-state index contributed by atoms with van der Waals surface area (Å²) in [5.41, 5.74) is 2.48. The molecule has 4 nitrogen and oxygen atoms in total. The van der Waals surface area contributed by atoms with Gasteiger partial charge in [-0.3, -0.25) is 0 Å². The lowest BCUT2D eigenvalue weighted by molar-refractivity contribution is 0.227. The average molecular weight is 351 g/mol. The maximum atomic E-state index is 12.5. The highest BCUT2D eigenvalue weighted by molar-refractivity contribution is 5.74. The Hall–Kier alpha value is -2.33. The van der Waals surface area contributed by atoms with Crippen molar-refractivity contribution in [1.82, 2.24) is 15.5 Å². The summed E-state index contributed by atoms with van der Waals surface area (Å²) in [5.74, 6) is 0.567. The van der Waals surface area contributed by atoms with Crippen molar-refractivity contribution in [3.8, 4) is 0 Å². The Morgan fingerprint density at radius 1 is 1.04 bits per heavy atom. The summed E-state index contributed by atoms with van der Waals surface area (Å²) < 4.78 is 0. The Kier molecular flexibility index (Phi) is 6.29. The topological polar surface area (TPSA) is 44.4 Å². The molecule has 2 amide bonds. The minimum Gasteiger partial charge on any atom is -0.337 e. The van der Waals surface area contributed by atoms with Gasteiger partial charge in [0.2, 0.25) is 0 Å². The van der Waals surface area contributed by atoms with Gasteiger partial charge in [0.05, 0.1) is 6.04 Å². The molecular formula is C22H29N3O. The van der Waals surface area contributed by atoms with E-state index in [0.29, 0.717) is 12.5 Å². The second-order valence-electron chi connectivity index (χ2n) is 7.39. The van der Waals surface area contributed by atoms with Gasteiger partial charge >= 0.3 is 6.03 Å². The molecule has 2 atom stereocenters. The summed E-state index contributed by atoms with van der Waals surface area (Å²) in [6.45, 7) is 0.625. The molecule has 4 heteroatoms. The maximum Gasteiger partial charge on any atom is 0.315 e. The number of nitrogens with zero attached hydrogens (tertiary/aromatic N) is 1. The summed E-state index contributed by atoms with van der Waals surface area (Å²) in [6, 6.07) is 21.0. The number of carbonyl (C=O) groups excluding carboxylic acids is 1. The third-order valence-corrected chi connectivity index (χ3v) is 5.08. The molecule has 0 saturated heterocycles. The van der Waals surface area contributed by atoms with Crippen LogP contribution in [0.1, 0.15) is 30.0 Å². The molecule has 0 bridgehead atoms. The highest BCUT2D eigenvalue weighted by atomic mass is 16.2. The summed E-state index contributed by atoms with van der Waals surface area (Å²) in [6.07, 6.45) is 3.29. The largest absolute Gasteiger partial charge is 0.337 e. The molecule has 138 valence electrons. The quantitative estimate of drug-likeness (QED) is 0.763. The van der Waals surface area contributed by atoms with Crippen LogP contribution < -0.4 is 10.6 Å². The fraction of sp³-hybridized carbons (Fsp3) is 0.409. The van der Waals surface area contributed by atoms with Gasteiger partial charge in [0.15, 0.2) is 0 Å². The van der Waals surface area contributed by atoms with Crippen molar-refractivity contribution in [2.24, 2.45) is 5.92 Å². The predicted octanol–water partition coefficient (Wildman–Crippen LogP) is 3.61. The molecule has 0 aromatic heterocycles. The van der Waals surface area contributed by atoms with Gasteiger partial charge in [-0.2, -0.15) is 0 Å². The van der Waals surface area contributed by atoms with E-state index in [4.69, 9.17) is 0 Å². The van der Waals surface area contributed by atoms with Gasteiger partial charge in [-0.1, -0.05) is 60.7 Å². The van der Waals surface area contributed by atoms with E-state index in [1.807, 2.05) is 24.3 Å². The number of hydrogen-bond donors (Lipinski definition) is 2. The number of rotatable bonds is 8. The summed E-state index contributed by atoms with van der Waals surface area (Å²) in [7, 11) is 4.12. The molecule has 0 heterocycles. The number of urea groups is 1. The Bertz CT molecular complexity index is 683. The Morgan fingerprint density at radius 2 is 1.65 bits per heavy atom. The highest BCUT2D eigenvalue weighted by Crippen LogP contribution is 2.40. The number of hydrogen-bond acceptors (Lipinski definition) is 2. The zero-order chi connectivity index (χ0) is 18.4. The number of amides is 2. The van der Waals surface area contributed by atoms with Crippen molar-refractivity contribution in [2.45, 2.75) is 31.3 Å². The monoisotopic (exact) mass is 351 g/mol. The predicted molar refractivity (Wildman–Crippen MR) is 106 cm³/mol. The lowest BCUT2D eigenvalue weighted by atomic mass is 10.0. The van der Waals surface area contributed by atoms with E-state index in [1.54, 1.807) is 0 Å². The third kappa shape index (κ3) is 5.33. The molecule has 2 aromatic rings. The first-order valence-electron chi connectivity index (χ1n) is 9.43. The van der Waals surface area contributed by atoms with Gasteiger partial charge in [-0.25, -0.2) is 4.79 Å². The first-order chi connectivity index (χ1) is 12.6. The number of carbonyl (C=O) groups is 1. The van der Waals surface area contributed by atoms with E-state index in [9.17, 15) is 4.79 Å². The molecule has 0 unspecified atom stereocenters. The standard InChI is InChI=1S/C22H29N3O/c1-25(2)20(15-17-9-5-3-6-10-17)16-23-22(26)24-21(19-13-14-19)18-11-7-4-8-12-18/h3-12,19-21H,13-16H2,1-2H3,(H2,23,24,26)/t20-,21+/m0/s1. The van der Waals surface area contributed by atoms with Crippen LogP contribution in [0.4, 0.5) is 4.79 Å². The van der Waals surface area contributed by atoms with Gasteiger partial charge in [-0.05, 0) is 50.4 Å². The van der Waals surface area contributed by atoms with Gasteiger partial charge in [0, 0.05) is 12.6 Å². The lowest BCUT2D eigenvalue weighted by Crippen LogP contribution is -2.46. The maximum absolute atomic E-state index is 12.5. The van der Waals surface area contributed by atoms with Crippen molar-refractivity contribution in [3.63, 3.8) is 0 Å². The fourth-order valence-electron chi connectivity index (χ4n) is 3.29. The van der Waals surface area contributed by atoms with Crippen LogP contribution in [-0.2, 0) is 6.42 Å². The minimum atomic E-state index is -0.0781. The van der Waals surface area contributed by atoms with Crippen molar-refractivity contribution in [1.29, 1.82) is 0 Å². The fourth-order valence-corrected chi connectivity index (χ4v) is 3.29. The number of likely N-dealkylation sites (N-methyl/N-ethyl adjacent to an activating group) is 1. The molecule has 0 radical (unpaired) electrons. The van der Waals surface area contributed by atoms with Crippen LogP contribution in [0.2, 0.25) is 0 Å². The van der Waals surface area contributed by atoms with Crippen LogP contribution >= 0.6 is 0 Å². The molecule has 1 aliphatic rings. The average Bonchev–Trinajstić information content (AvgIpc) is 3.49. The van der Waals surface area contributed by atoms with Crippen LogP contribution in [0.5, 0.6) is 0 Å². The molecule has 0 spiro atoms. The van der Waals surface area contributed by atoms with Crippen LogP contribution in [-0.4, -0.2) is 37.6 Å². The zero-order valence-corrected chi connectivity index (χ0v) is 15.7. The van der Waals surface area contributed by atoms with E-state index in [-0.39, 0.29) is 18.1 Å². The van der Waals surface area contributed by atoms with Crippen molar-refractivity contribution in [2.75, 3.05) is 20.6 Å². The summed E-state index contributed by atoms with van der Waals surface area (Å²) >= 11 is 0. The van der Waals surface area contributed by atoms with Crippen LogP contribution in [0.3, 0.4) is 0 Å². The molecule has 2 N–H and O–H groups in total. The Morgan fingerprint density at radius 3 is 2.23 bits per heavy atom. The SMILES string of the molecule is CN(C)[C@H](CNC(=O)N[C@H](c1ccccc1)C1CC1)Cc1ccccc1. The van der Waals surface area contributed by atoms with E-state index in [2.05, 4.69) is 66.0 Å². The number of benzene rings is 2. The third-order valence-electron chi connectivity index (χ3n) is 5.08. The van der Waals surface area contributed by atoms with Gasteiger partial charge in [0.1, 0.15) is 0 Å². The second-order valence-corrected chi connectivity index (χ2v) is 7.39. The molecule has 3 rings (SSSR count). The molecule has 1 aliphatic carbocycles. The van der Waals surface area contributed by atoms with E-state index < -0.39 is 0 Å². The van der Waals surface area contributed by atoms with E-state index >= 15 is 0 Å². The van der Waals surface area contributed by atoms with Crippen molar-refractivity contribution >= 4 is 6.03 Å². The molecule has 2 aromatic carbocycles. The van der Waals surface area contributed by atoms with Gasteiger partial charge in [0.25, 0.3) is 0 Å². The summed E-state index contributed by atoms with van der Waals surface area (Å²) in [5, 5.41) is 6.26.